The first-order chi connectivity index (χ1) is 13.6. The van der Waals surface area contributed by atoms with Crippen molar-refractivity contribution in [1.29, 1.82) is 0 Å². The molecule has 1 aromatic heterocycles. The Kier molecular flexibility index (Phi) is 5.05. The first-order valence-electron chi connectivity index (χ1n) is 9.47. The van der Waals surface area contributed by atoms with Gasteiger partial charge in [0.2, 0.25) is 0 Å². The number of carbonyl (C=O) groups is 3. The third-order valence-corrected chi connectivity index (χ3v) is 5.36. The summed E-state index contributed by atoms with van der Waals surface area (Å²) in [6.07, 6.45) is 1.93. The maximum absolute atomic E-state index is 12.4. The van der Waals surface area contributed by atoms with Gasteiger partial charge >= 0.3 is 0 Å². The zero-order valence-corrected chi connectivity index (χ0v) is 15.7. The Morgan fingerprint density at radius 3 is 2.89 bits per heavy atom. The zero-order valence-electron chi connectivity index (χ0n) is 15.7. The lowest BCUT2D eigenvalue weighted by Crippen LogP contribution is -2.23. The monoisotopic (exact) mass is 379 g/mol. The third-order valence-electron chi connectivity index (χ3n) is 5.36. The highest BCUT2D eigenvalue weighted by atomic mass is 16.5. The second kappa shape index (κ2) is 7.64. The predicted molar refractivity (Wildman–Crippen MR) is 104 cm³/mol. The molecule has 4 rings (SSSR count). The SMILES string of the molecule is COCCCC(=O)c1ccc2c(ccc3onc([C@@H]4CCC(=O)CC4=O)c32)c1. The minimum Gasteiger partial charge on any atom is -0.385 e. The van der Waals surface area contributed by atoms with E-state index < -0.39 is 5.92 Å². The molecule has 144 valence electrons. The van der Waals surface area contributed by atoms with Crippen molar-refractivity contribution in [3.05, 3.63) is 41.6 Å². The Morgan fingerprint density at radius 1 is 1.25 bits per heavy atom. The molecule has 0 aliphatic heterocycles. The van der Waals surface area contributed by atoms with Gasteiger partial charge in [-0.1, -0.05) is 23.4 Å². The zero-order chi connectivity index (χ0) is 19.7. The van der Waals surface area contributed by atoms with Crippen LogP contribution in [-0.2, 0) is 14.3 Å². The van der Waals surface area contributed by atoms with Crippen molar-refractivity contribution in [2.75, 3.05) is 13.7 Å². The summed E-state index contributed by atoms with van der Waals surface area (Å²) in [5.74, 6) is -0.464. The molecule has 1 aliphatic rings. The van der Waals surface area contributed by atoms with Crippen molar-refractivity contribution in [2.45, 2.75) is 38.0 Å². The van der Waals surface area contributed by atoms with Crippen molar-refractivity contribution >= 4 is 39.1 Å². The summed E-state index contributed by atoms with van der Waals surface area (Å²) in [5, 5.41) is 6.75. The Labute approximate surface area is 161 Å². The molecule has 6 heteroatoms. The van der Waals surface area contributed by atoms with E-state index in [4.69, 9.17) is 9.26 Å². The van der Waals surface area contributed by atoms with Gasteiger partial charge < -0.3 is 9.26 Å². The molecule has 1 atom stereocenters. The van der Waals surface area contributed by atoms with Gasteiger partial charge in [0.05, 0.1) is 17.7 Å². The number of ether oxygens (including phenoxy) is 1. The van der Waals surface area contributed by atoms with Crippen LogP contribution in [0.3, 0.4) is 0 Å². The molecule has 28 heavy (non-hydrogen) atoms. The van der Waals surface area contributed by atoms with Gasteiger partial charge in [-0.3, -0.25) is 14.4 Å². The van der Waals surface area contributed by atoms with Crippen LogP contribution < -0.4 is 0 Å². The van der Waals surface area contributed by atoms with Crippen LogP contribution in [0.1, 0.15) is 54.1 Å². The smallest absolute Gasteiger partial charge is 0.167 e. The van der Waals surface area contributed by atoms with Crippen molar-refractivity contribution in [2.24, 2.45) is 0 Å². The molecular formula is C22H21NO5. The molecule has 0 amide bonds. The highest BCUT2D eigenvalue weighted by molar-refractivity contribution is 6.12. The summed E-state index contributed by atoms with van der Waals surface area (Å²) < 4.78 is 10.5. The van der Waals surface area contributed by atoms with Crippen LogP contribution in [0.4, 0.5) is 0 Å². The van der Waals surface area contributed by atoms with Crippen LogP contribution in [0.2, 0.25) is 0 Å². The molecule has 0 N–H and O–H groups in total. The topological polar surface area (TPSA) is 86.5 Å². The summed E-state index contributed by atoms with van der Waals surface area (Å²) >= 11 is 0. The van der Waals surface area contributed by atoms with Crippen LogP contribution in [0.15, 0.2) is 34.9 Å². The largest absolute Gasteiger partial charge is 0.385 e. The lowest BCUT2D eigenvalue weighted by molar-refractivity contribution is -0.130. The molecule has 3 aromatic rings. The Balaban J connectivity index is 1.73. The molecule has 1 aliphatic carbocycles. The van der Waals surface area contributed by atoms with E-state index in [1.54, 1.807) is 13.2 Å². The van der Waals surface area contributed by atoms with E-state index >= 15 is 0 Å². The van der Waals surface area contributed by atoms with Gasteiger partial charge in [-0.25, -0.2) is 0 Å². The van der Waals surface area contributed by atoms with Crippen LogP contribution in [0.25, 0.3) is 21.7 Å². The summed E-state index contributed by atoms with van der Waals surface area (Å²) in [6, 6.07) is 9.27. The number of nitrogens with zero attached hydrogens (tertiary/aromatic N) is 1. The van der Waals surface area contributed by atoms with Crippen LogP contribution in [0.5, 0.6) is 0 Å². The average Bonchev–Trinajstić information content (AvgIpc) is 3.12. The second-order valence-corrected chi connectivity index (χ2v) is 7.23. The fraction of sp³-hybridized carbons (Fsp3) is 0.364. The van der Waals surface area contributed by atoms with Crippen molar-refractivity contribution in [1.82, 2.24) is 5.16 Å². The molecule has 1 saturated carbocycles. The molecule has 0 radical (unpaired) electrons. The maximum atomic E-state index is 12.4. The molecule has 0 saturated heterocycles. The van der Waals surface area contributed by atoms with E-state index in [2.05, 4.69) is 5.16 Å². The average molecular weight is 379 g/mol. The summed E-state index contributed by atoms with van der Waals surface area (Å²) in [6.45, 7) is 0.557. The fourth-order valence-corrected chi connectivity index (χ4v) is 3.89. The van der Waals surface area contributed by atoms with E-state index in [1.165, 1.54) is 0 Å². The standard InChI is InChI=1S/C22H21NO5/c1-27-10-2-3-18(25)14-4-7-16-13(11-14)5-9-20-21(16)22(23-28-20)17-8-6-15(24)12-19(17)26/h4-5,7,9,11,17H,2-3,6,8,10,12H2,1H3/t17-/m1/s1. The predicted octanol–water partition coefficient (Wildman–Crippen LogP) is 4.00. The van der Waals surface area contributed by atoms with Crippen LogP contribution in [-0.4, -0.2) is 36.2 Å². The molecule has 0 spiro atoms. The number of fused-ring (bicyclic) bond motifs is 3. The van der Waals surface area contributed by atoms with Gasteiger partial charge in [0, 0.05) is 32.1 Å². The van der Waals surface area contributed by atoms with Gasteiger partial charge in [0.1, 0.15) is 17.3 Å². The third kappa shape index (κ3) is 3.36. The number of carbonyl (C=O) groups excluding carboxylic acids is 3. The van der Waals surface area contributed by atoms with Gasteiger partial charge in [0.15, 0.2) is 11.4 Å². The number of benzene rings is 2. The Bertz CT molecular complexity index is 1080. The quantitative estimate of drug-likeness (QED) is 0.366. The molecule has 0 bridgehead atoms. The van der Waals surface area contributed by atoms with Crippen molar-refractivity contribution in [3.8, 4) is 0 Å². The van der Waals surface area contributed by atoms with Crippen LogP contribution >= 0.6 is 0 Å². The summed E-state index contributed by atoms with van der Waals surface area (Å²) in [7, 11) is 1.62. The normalized spacial score (nSPS) is 17.5. The van der Waals surface area contributed by atoms with Gasteiger partial charge in [-0.05, 0) is 35.7 Å². The van der Waals surface area contributed by atoms with E-state index in [0.717, 1.165) is 16.2 Å². The van der Waals surface area contributed by atoms with E-state index in [0.29, 0.717) is 49.1 Å². The van der Waals surface area contributed by atoms with Crippen molar-refractivity contribution in [3.63, 3.8) is 0 Å². The molecule has 1 heterocycles. The molecule has 6 nitrogen and oxygen atoms in total. The van der Waals surface area contributed by atoms with Crippen LogP contribution in [0, 0.1) is 0 Å². The van der Waals surface area contributed by atoms with E-state index in [-0.39, 0.29) is 23.8 Å². The number of hydrogen-bond donors (Lipinski definition) is 0. The minimum atomic E-state index is -0.417. The van der Waals surface area contributed by atoms with Gasteiger partial charge in [0.25, 0.3) is 0 Å². The van der Waals surface area contributed by atoms with E-state index in [9.17, 15) is 14.4 Å². The molecular weight excluding hydrogens is 358 g/mol. The van der Waals surface area contributed by atoms with Gasteiger partial charge in [-0.15, -0.1) is 0 Å². The first-order valence-corrected chi connectivity index (χ1v) is 9.47. The second-order valence-electron chi connectivity index (χ2n) is 7.23. The summed E-state index contributed by atoms with van der Waals surface area (Å²) in [4.78, 5) is 36.4. The van der Waals surface area contributed by atoms with E-state index in [1.807, 2.05) is 24.3 Å². The Morgan fingerprint density at radius 2 is 2.11 bits per heavy atom. The number of aromatic nitrogens is 1. The molecule has 0 unspecified atom stereocenters. The number of hydrogen-bond acceptors (Lipinski definition) is 6. The maximum Gasteiger partial charge on any atom is 0.167 e. The fourth-order valence-electron chi connectivity index (χ4n) is 3.89. The summed E-state index contributed by atoms with van der Waals surface area (Å²) in [5.41, 5.74) is 1.85. The molecule has 1 fully saturated rings. The number of rotatable bonds is 6. The number of ketones is 3. The Hall–Kier alpha value is -2.86. The first kappa shape index (κ1) is 18.5. The highest BCUT2D eigenvalue weighted by Gasteiger charge is 2.32. The lowest BCUT2D eigenvalue weighted by Gasteiger charge is -2.18. The van der Waals surface area contributed by atoms with Crippen molar-refractivity contribution < 1.29 is 23.6 Å². The number of Topliss-reactive ketones (excluding diaryl/α,β-unsaturated/α-hetero) is 3. The lowest BCUT2D eigenvalue weighted by atomic mass is 9.83. The van der Waals surface area contributed by atoms with Gasteiger partial charge in [-0.2, -0.15) is 0 Å². The minimum absolute atomic E-state index is 0.0180. The molecule has 2 aromatic carbocycles. The number of methoxy groups -OCH3 is 1. The highest BCUT2D eigenvalue weighted by Crippen LogP contribution is 2.36.